The predicted octanol–water partition coefficient (Wildman–Crippen LogP) is 2.46. The molecule has 1 rings (SSSR count). The molecule has 0 aliphatic carbocycles. The van der Waals surface area contributed by atoms with Gasteiger partial charge in [0, 0.05) is 13.1 Å². The number of nitrogen functional groups attached to an aromatic ring is 1. The van der Waals surface area contributed by atoms with Crippen molar-refractivity contribution < 1.29 is 4.92 Å². The van der Waals surface area contributed by atoms with E-state index >= 15 is 0 Å². The summed E-state index contributed by atoms with van der Waals surface area (Å²) in [5.41, 5.74) is 3.30. The van der Waals surface area contributed by atoms with Crippen molar-refractivity contribution in [2.24, 2.45) is 5.84 Å². The van der Waals surface area contributed by atoms with E-state index in [0.29, 0.717) is 11.4 Å². The maximum Gasteiger partial charge on any atom is 0.316 e. The number of anilines is 2. The van der Waals surface area contributed by atoms with Crippen LogP contribution < -0.4 is 16.2 Å². The molecule has 0 heterocycles. The van der Waals surface area contributed by atoms with Gasteiger partial charge in [0.05, 0.1) is 4.92 Å². The standard InChI is InChI=1S/C12H20N4O2S/c1-9(7-8-19-3)15(2)11-6-4-5-10(14-13)12(11)16(17)18/h4-6,9,14H,7-8,13H2,1-3H3. The summed E-state index contributed by atoms with van der Waals surface area (Å²) in [7, 11) is 1.87. The van der Waals surface area contributed by atoms with E-state index in [1.165, 1.54) is 0 Å². The van der Waals surface area contributed by atoms with Crippen LogP contribution in [0.5, 0.6) is 0 Å². The van der Waals surface area contributed by atoms with Crippen LogP contribution in [0.4, 0.5) is 17.1 Å². The summed E-state index contributed by atoms with van der Waals surface area (Å²) in [6.07, 6.45) is 3.02. The van der Waals surface area contributed by atoms with E-state index in [2.05, 4.69) is 12.3 Å². The molecule has 0 saturated heterocycles. The highest BCUT2D eigenvalue weighted by Gasteiger charge is 2.23. The number of hydrazine groups is 1. The number of hydrogen-bond acceptors (Lipinski definition) is 6. The first-order chi connectivity index (χ1) is 9.02. The van der Waals surface area contributed by atoms with Crippen molar-refractivity contribution >= 4 is 28.8 Å². The lowest BCUT2D eigenvalue weighted by Gasteiger charge is -2.27. The largest absolute Gasteiger partial charge is 0.366 e. The Morgan fingerprint density at radius 1 is 1.58 bits per heavy atom. The lowest BCUT2D eigenvalue weighted by atomic mass is 10.1. The molecule has 0 bridgehead atoms. The highest BCUT2D eigenvalue weighted by molar-refractivity contribution is 7.98. The van der Waals surface area contributed by atoms with Crippen LogP contribution in [-0.2, 0) is 0 Å². The number of para-hydroxylation sites is 1. The molecule has 0 saturated carbocycles. The fraction of sp³-hybridized carbons (Fsp3) is 0.500. The average molecular weight is 284 g/mol. The third kappa shape index (κ3) is 3.74. The second kappa shape index (κ2) is 7.20. The summed E-state index contributed by atoms with van der Waals surface area (Å²) in [4.78, 5) is 12.7. The summed E-state index contributed by atoms with van der Waals surface area (Å²) in [5.74, 6) is 6.36. The molecule has 0 aliphatic heterocycles. The number of nitrogens with zero attached hydrogens (tertiary/aromatic N) is 2. The summed E-state index contributed by atoms with van der Waals surface area (Å²) in [6.45, 7) is 2.06. The Bertz CT molecular complexity index is 442. The normalized spacial score (nSPS) is 12.0. The van der Waals surface area contributed by atoms with E-state index in [9.17, 15) is 10.1 Å². The van der Waals surface area contributed by atoms with Gasteiger partial charge in [0.25, 0.3) is 0 Å². The third-order valence-corrected chi connectivity index (χ3v) is 3.78. The molecule has 1 unspecified atom stereocenters. The first-order valence-electron chi connectivity index (χ1n) is 5.98. The molecule has 7 heteroatoms. The zero-order valence-electron chi connectivity index (χ0n) is 11.4. The van der Waals surface area contributed by atoms with Crippen LogP contribution in [0.25, 0.3) is 0 Å². The van der Waals surface area contributed by atoms with Gasteiger partial charge in [-0.3, -0.25) is 16.0 Å². The second-order valence-corrected chi connectivity index (χ2v) is 5.30. The van der Waals surface area contributed by atoms with Crippen LogP contribution in [0, 0.1) is 10.1 Å². The van der Waals surface area contributed by atoms with E-state index in [1.54, 1.807) is 30.0 Å². The fourth-order valence-electron chi connectivity index (χ4n) is 1.84. The molecule has 6 nitrogen and oxygen atoms in total. The summed E-state index contributed by atoms with van der Waals surface area (Å²) in [5, 5.41) is 11.2. The lowest BCUT2D eigenvalue weighted by molar-refractivity contribution is -0.383. The Labute approximate surface area is 117 Å². The number of thioether (sulfide) groups is 1. The van der Waals surface area contributed by atoms with Crippen LogP contribution in [0.2, 0.25) is 0 Å². The van der Waals surface area contributed by atoms with Crippen molar-refractivity contribution in [1.29, 1.82) is 0 Å². The molecule has 0 spiro atoms. The number of nitro benzene ring substituents is 1. The van der Waals surface area contributed by atoms with Gasteiger partial charge in [0.2, 0.25) is 0 Å². The zero-order valence-corrected chi connectivity index (χ0v) is 12.2. The summed E-state index contributed by atoms with van der Waals surface area (Å²) < 4.78 is 0. The lowest BCUT2D eigenvalue weighted by Crippen LogP contribution is -2.30. The topological polar surface area (TPSA) is 84.4 Å². The van der Waals surface area contributed by atoms with Gasteiger partial charge in [-0.15, -0.1) is 0 Å². The van der Waals surface area contributed by atoms with Crippen molar-refractivity contribution in [2.45, 2.75) is 19.4 Å². The fourth-order valence-corrected chi connectivity index (χ4v) is 2.42. The molecule has 106 valence electrons. The van der Waals surface area contributed by atoms with Gasteiger partial charge in [0.1, 0.15) is 11.4 Å². The first kappa shape index (κ1) is 15.6. The van der Waals surface area contributed by atoms with Gasteiger partial charge >= 0.3 is 5.69 Å². The highest BCUT2D eigenvalue weighted by atomic mass is 32.2. The second-order valence-electron chi connectivity index (χ2n) is 4.32. The highest BCUT2D eigenvalue weighted by Crippen LogP contribution is 2.35. The van der Waals surface area contributed by atoms with Crippen LogP contribution in [0.15, 0.2) is 18.2 Å². The molecule has 1 aromatic carbocycles. The maximum absolute atomic E-state index is 11.2. The number of benzene rings is 1. The third-order valence-electron chi connectivity index (χ3n) is 3.13. The SMILES string of the molecule is CSCCC(C)N(C)c1cccc(NN)c1[N+](=O)[O-]. The minimum absolute atomic E-state index is 0.0171. The molecule has 0 fully saturated rings. The van der Waals surface area contributed by atoms with E-state index < -0.39 is 4.92 Å². The number of nitrogens with one attached hydrogen (secondary N) is 1. The zero-order chi connectivity index (χ0) is 14.4. The Morgan fingerprint density at radius 2 is 2.26 bits per heavy atom. The van der Waals surface area contributed by atoms with Gasteiger partial charge in [-0.05, 0) is 37.5 Å². The van der Waals surface area contributed by atoms with Gasteiger partial charge in [0.15, 0.2) is 0 Å². The average Bonchev–Trinajstić information content (AvgIpc) is 2.42. The van der Waals surface area contributed by atoms with Crippen molar-refractivity contribution in [3.63, 3.8) is 0 Å². The number of nitro groups is 1. The van der Waals surface area contributed by atoms with E-state index in [1.807, 2.05) is 18.2 Å². The summed E-state index contributed by atoms with van der Waals surface area (Å²) >= 11 is 1.77. The van der Waals surface area contributed by atoms with Crippen molar-refractivity contribution in [3.8, 4) is 0 Å². The number of rotatable bonds is 7. The summed E-state index contributed by atoms with van der Waals surface area (Å²) in [6, 6.07) is 5.32. The van der Waals surface area contributed by atoms with Crippen LogP contribution >= 0.6 is 11.8 Å². The van der Waals surface area contributed by atoms with Gasteiger partial charge in [-0.1, -0.05) is 6.07 Å². The Balaban J connectivity index is 3.08. The Kier molecular flexibility index (Phi) is 5.91. The van der Waals surface area contributed by atoms with Gasteiger partial charge in [-0.25, -0.2) is 0 Å². The minimum atomic E-state index is -0.400. The van der Waals surface area contributed by atoms with Crippen molar-refractivity contribution in [3.05, 3.63) is 28.3 Å². The molecule has 0 amide bonds. The van der Waals surface area contributed by atoms with Crippen molar-refractivity contribution in [2.75, 3.05) is 29.4 Å². The number of hydrogen-bond donors (Lipinski definition) is 2. The van der Waals surface area contributed by atoms with Crippen LogP contribution in [0.1, 0.15) is 13.3 Å². The minimum Gasteiger partial charge on any atom is -0.366 e. The van der Waals surface area contributed by atoms with Crippen molar-refractivity contribution in [1.82, 2.24) is 0 Å². The van der Waals surface area contributed by atoms with Crippen LogP contribution in [-0.4, -0.2) is 30.0 Å². The monoisotopic (exact) mass is 284 g/mol. The molecule has 0 aliphatic rings. The molecular formula is C12H20N4O2S. The van der Waals surface area contributed by atoms with E-state index in [4.69, 9.17) is 5.84 Å². The molecule has 3 N–H and O–H groups in total. The van der Waals surface area contributed by atoms with Gasteiger partial charge in [-0.2, -0.15) is 11.8 Å². The number of nitrogens with two attached hydrogens (primary N) is 1. The molecule has 0 radical (unpaired) electrons. The van der Waals surface area contributed by atoms with E-state index in [0.717, 1.165) is 12.2 Å². The molecule has 0 aromatic heterocycles. The van der Waals surface area contributed by atoms with E-state index in [-0.39, 0.29) is 11.7 Å². The first-order valence-corrected chi connectivity index (χ1v) is 7.38. The van der Waals surface area contributed by atoms with Crippen LogP contribution in [0.3, 0.4) is 0 Å². The molecule has 19 heavy (non-hydrogen) atoms. The predicted molar refractivity (Wildman–Crippen MR) is 81.8 cm³/mol. The van der Waals surface area contributed by atoms with Gasteiger partial charge < -0.3 is 10.3 Å². The molecule has 1 aromatic rings. The maximum atomic E-state index is 11.2. The Morgan fingerprint density at radius 3 is 2.79 bits per heavy atom. The smallest absolute Gasteiger partial charge is 0.316 e. The quantitative estimate of drug-likeness (QED) is 0.454. The Hall–Kier alpha value is -1.47. The molecule has 1 atom stereocenters. The molecular weight excluding hydrogens is 264 g/mol.